The summed E-state index contributed by atoms with van der Waals surface area (Å²) in [7, 11) is 0. The quantitative estimate of drug-likeness (QED) is 0.906. The Labute approximate surface area is 110 Å². The minimum atomic E-state index is -0.533. The number of amides is 1. The number of halogens is 3. The first-order valence-corrected chi connectivity index (χ1v) is 5.74. The molecular weight excluding hydrogens is 312 g/mol. The predicted octanol–water partition coefficient (Wildman–Crippen LogP) is 4.09. The number of nitrogens with one attached hydrogen (secondary N) is 1. The van der Waals surface area contributed by atoms with E-state index >= 15 is 0 Å². The van der Waals surface area contributed by atoms with Crippen LogP contribution in [0.15, 0.2) is 39.6 Å². The van der Waals surface area contributed by atoms with Crippen LogP contribution in [-0.2, 0) is 0 Å². The second-order valence-electron chi connectivity index (χ2n) is 3.19. The molecule has 17 heavy (non-hydrogen) atoms. The van der Waals surface area contributed by atoms with Crippen LogP contribution in [0.1, 0.15) is 10.4 Å². The van der Waals surface area contributed by atoms with Crippen LogP contribution >= 0.6 is 27.5 Å². The van der Waals surface area contributed by atoms with E-state index in [4.69, 9.17) is 16.0 Å². The number of hydrogen-bond donors (Lipinski definition) is 1. The molecule has 0 saturated carbocycles. The molecule has 0 aliphatic carbocycles. The highest BCUT2D eigenvalue weighted by molar-refractivity contribution is 9.10. The normalized spacial score (nSPS) is 10.3. The summed E-state index contributed by atoms with van der Waals surface area (Å²) in [5, 5.41) is 2.53. The van der Waals surface area contributed by atoms with Crippen molar-refractivity contribution in [3.8, 4) is 0 Å². The summed E-state index contributed by atoms with van der Waals surface area (Å²) >= 11 is 8.69. The number of anilines is 1. The van der Waals surface area contributed by atoms with Crippen LogP contribution in [-0.4, -0.2) is 5.91 Å². The van der Waals surface area contributed by atoms with E-state index in [0.29, 0.717) is 15.9 Å². The Balaban J connectivity index is 2.19. The Hall–Kier alpha value is -1.33. The molecule has 1 aromatic heterocycles. The summed E-state index contributed by atoms with van der Waals surface area (Å²) in [5.41, 5.74) is 0.764. The molecule has 0 unspecified atom stereocenters. The van der Waals surface area contributed by atoms with E-state index in [0.717, 1.165) is 0 Å². The van der Waals surface area contributed by atoms with E-state index in [9.17, 15) is 9.18 Å². The van der Waals surface area contributed by atoms with Crippen molar-refractivity contribution in [2.75, 3.05) is 5.32 Å². The van der Waals surface area contributed by atoms with Crippen molar-refractivity contribution >= 4 is 39.1 Å². The lowest BCUT2D eigenvalue weighted by molar-refractivity contribution is 0.102. The lowest BCUT2D eigenvalue weighted by atomic mass is 10.2. The summed E-state index contributed by atoms with van der Waals surface area (Å²) < 4.78 is 18.2. The van der Waals surface area contributed by atoms with Crippen molar-refractivity contribution in [1.82, 2.24) is 0 Å². The van der Waals surface area contributed by atoms with Crippen LogP contribution < -0.4 is 5.32 Å². The molecule has 6 heteroatoms. The maximum absolute atomic E-state index is 12.9. The van der Waals surface area contributed by atoms with E-state index in [1.807, 2.05) is 0 Å². The number of carbonyl (C=O) groups excluding carboxylic acids is 1. The SMILES string of the molecule is O=C(Nc1ccc(F)c(Cl)c1)c1ccoc1Br. The molecule has 0 radical (unpaired) electrons. The molecule has 88 valence electrons. The van der Waals surface area contributed by atoms with Crippen LogP contribution in [0.4, 0.5) is 10.1 Å². The number of furan rings is 1. The van der Waals surface area contributed by atoms with Crippen molar-refractivity contribution in [3.05, 3.63) is 51.6 Å². The zero-order valence-electron chi connectivity index (χ0n) is 8.34. The third kappa shape index (κ3) is 2.68. The Morgan fingerprint density at radius 2 is 2.18 bits per heavy atom. The van der Waals surface area contributed by atoms with Crippen molar-refractivity contribution in [2.24, 2.45) is 0 Å². The van der Waals surface area contributed by atoms with Crippen molar-refractivity contribution in [1.29, 1.82) is 0 Å². The Morgan fingerprint density at radius 3 is 2.76 bits per heavy atom. The number of carbonyl (C=O) groups is 1. The Kier molecular flexibility index (Phi) is 3.49. The van der Waals surface area contributed by atoms with Gasteiger partial charge in [-0.3, -0.25) is 4.79 Å². The fourth-order valence-electron chi connectivity index (χ4n) is 1.23. The van der Waals surface area contributed by atoms with Crippen LogP contribution in [0.25, 0.3) is 0 Å². The molecule has 2 rings (SSSR count). The topological polar surface area (TPSA) is 42.2 Å². The van der Waals surface area contributed by atoms with Gasteiger partial charge in [0.25, 0.3) is 5.91 Å². The van der Waals surface area contributed by atoms with Gasteiger partial charge in [0.2, 0.25) is 0 Å². The van der Waals surface area contributed by atoms with E-state index in [-0.39, 0.29) is 10.9 Å². The lowest BCUT2D eigenvalue weighted by Gasteiger charge is -2.04. The summed E-state index contributed by atoms with van der Waals surface area (Å²) in [4.78, 5) is 11.8. The second kappa shape index (κ2) is 4.89. The van der Waals surface area contributed by atoms with Gasteiger partial charge in [-0.1, -0.05) is 11.6 Å². The van der Waals surface area contributed by atoms with E-state index in [2.05, 4.69) is 21.2 Å². The van der Waals surface area contributed by atoms with Gasteiger partial charge in [-0.05, 0) is 40.2 Å². The second-order valence-corrected chi connectivity index (χ2v) is 4.32. The maximum Gasteiger partial charge on any atom is 0.260 e. The third-order valence-corrected chi connectivity index (χ3v) is 2.94. The molecule has 0 aliphatic heterocycles. The molecule has 1 heterocycles. The largest absolute Gasteiger partial charge is 0.457 e. The molecule has 1 aromatic carbocycles. The van der Waals surface area contributed by atoms with Crippen molar-refractivity contribution in [3.63, 3.8) is 0 Å². The Bertz CT molecular complexity index is 570. The smallest absolute Gasteiger partial charge is 0.260 e. The van der Waals surface area contributed by atoms with E-state index < -0.39 is 5.82 Å². The minimum Gasteiger partial charge on any atom is -0.457 e. The average molecular weight is 319 g/mol. The van der Waals surface area contributed by atoms with E-state index in [1.165, 1.54) is 30.5 Å². The van der Waals surface area contributed by atoms with Gasteiger partial charge in [-0.25, -0.2) is 4.39 Å². The van der Waals surface area contributed by atoms with Crippen molar-refractivity contribution < 1.29 is 13.6 Å². The highest BCUT2D eigenvalue weighted by Crippen LogP contribution is 2.22. The van der Waals surface area contributed by atoms with Gasteiger partial charge in [0.1, 0.15) is 5.82 Å². The zero-order chi connectivity index (χ0) is 12.4. The van der Waals surface area contributed by atoms with Crippen LogP contribution in [0, 0.1) is 5.82 Å². The standard InChI is InChI=1S/C11H6BrClFNO2/c12-10-7(3-4-17-10)11(16)15-6-1-2-9(14)8(13)5-6/h1-5H,(H,15,16). The molecule has 0 bridgehead atoms. The van der Waals surface area contributed by atoms with Crippen molar-refractivity contribution in [2.45, 2.75) is 0 Å². The maximum atomic E-state index is 12.9. The third-order valence-electron chi connectivity index (χ3n) is 2.04. The van der Waals surface area contributed by atoms with Gasteiger partial charge in [-0.15, -0.1) is 0 Å². The summed E-state index contributed by atoms with van der Waals surface area (Å²) in [6.45, 7) is 0. The highest BCUT2D eigenvalue weighted by atomic mass is 79.9. The zero-order valence-corrected chi connectivity index (χ0v) is 10.7. The monoisotopic (exact) mass is 317 g/mol. The predicted molar refractivity (Wildman–Crippen MR) is 65.8 cm³/mol. The molecule has 0 aliphatic rings. The fourth-order valence-corrected chi connectivity index (χ4v) is 1.83. The first-order chi connectivity index (χ1) is 8.08. The molecule has 0 fully saturated rings. The highest BCUT2D eigenvalue weighted by Gasteiger charge is 2.13. The van der Waals surface area contributed by atoms with Crippen LogP contribution in [0.3, 0.4) is 0 Å². The number of hydrogen-bond acceptors (Lipinski definition) is 2. The average Bonchev–Trinajstić information content (AvgIpc) is 2.70. The van der Waals surface area contributed by atoms with Gasteiger partial charge in [0.05, 0.1) is 16.8 Å². The molecule has 0 atom stereocenters. The molecule has 0 spiro atoms. The van der Waals surface area contributed by atoms with Gasteiger partial charge >= 0.3 is 0 Å². The molecular formula is C11H6BrClFNO2. The van der Waals surface area contributed by atoms with Gasteiger partial charge < -0.3 is 9.73 Å². The Morgan fingerprint density at radius 1 is 1.41 bits per heavy atom. The first kappa shape index (κ1) is 12.1. The van der Waals surface area contributed by atoms with Crippen LogP contribution in [0.2, 0.25) is 5.02 Å². The molecule has 3 nitrogen and oxygen atoms in total. The summed E-state index contributed by atoms with van der Waals surface area (Å²) in [5.74, 6) is -0.901. The van der Waals surface area contributed by atoms with Gasteiger partial charge in [-0.2, -0.15) is 0 Å². The fraction of sp³-hybridized carbons (Fsp3) is 0. The molecule has 2 aromatic rings. The summed E-state index contributed by atoms with van der Waals surface area (Å²) in [6.07, 6.45) is 1.39. The number of benzene rings is 1. The lowest BCUT2D eigenvalue weighted by Crippen LogP contribution is -2.11. The minimum absolute atomic E-state index is 0.0472. The van der Waals surface area contributed by atoms with Gasteiger partial charge in [0.15, 0.2) is 4.67 Å². The molecule has 1 N–H and O–H groups in total. The van der Waals surface area contributed by atoms with Gasteiger partial charge in [0, 0.05) is 5.69 Å². The van der Waals surface area contributed by atoms with E-state index in [1.54, 1.807) is 0 Å². The molecule has 0 saturated heterocycles. The molecule has 1 amide bonds. The summed E-state index contributed by atoms with van der Waals surface area (Å²) in [6, 6.07) is 5.46. The van der Waals surface area contributed by atoms with Crippen LogP contribution in [0.5, 0.6) is 0 Å². The number of rotatable bonds is 2. The first-order valence-electron chi connectivity index (χ1n) is 4.57.